The molecule has 4 rings (SSSR count). The number of carbonyl (C=O) groups is 1. The van der Waals surface area contributed by atoms with E-state index in [4.69, 9.17) is 0 Å². The Labute approximate surface area is 160 Å². The first kappa shape index (κ1) is 17.5. The first-order valence-electron chi connectivity index (χ1n) is 9.54. The Morgan fingerprint density at radius 3 is 2.33 bits per heavy atom. The monoisotopic (exact) mass is 356 g/mol. The fraction of sp³-hybridized carbons (Fsp3) is 0.208. The number of nitrogens with zero attached hydrogens (tertiary/aromatic N) is 1. The van der Waals surface area contributed by atoms with E-state index in [9.17, 15) is 4.79 Å². The predicted octanol–water partition coefficient (Wildman–Crippen LogP) is 5.13. The maximum Gasteiger partial charge on any atom is 0.238 e. The van der Waals surface area contributed by atoms with Crippen LogP contribution in [0.25, 0.3) is 11.1 Å². The molecular weight excluding hydrogens is 332 g/mol. The third-order valence-electron chi connectivity index (χ3n) is 5.18. The molecule has 1 saturated heterocycles. The summed E-state index contributed by atoms with van der Waals surface area (Å²) < 4.78 is 0. The van der Waals surface area contributed by atoms with Crippen LogP contribution >= 0.6 is 0 Å². The second-order valence-electron chi connectivity index (χ2n) is 7.00. The molecule has 0 spiro atoms. The van der Waals surface area contributed by atoms with Gasteiger partial charge in [-0.2, -0.15) is 0 Å². The van der Waals surface area contributed by atoms with Crippen LogP contribution in [0.4, 0.5) is 5.69 Å². The maximum absolute atomic E-state index is 12.8. The zero-order chi connectivity index (χ0) is 18.5. The maximum atomic E-state index is 12.8. The first-order valence-corrected chi connectivity index (χ1v) is 9.54. The lowest BCUT2D eigenvalue weighted by molar-refractivity contribution is -0.117. The summed E-state index contributed by atoms with van der Waals surface area (Å²) in [5.41, 5.74) is 4.32. The third-order valence-corrected chi connectivity index (χ3v) is 5.18. The molecule has 136 valence electrons. The van der Waals surface area contributed by atoms with E-state index in [2.05, 4.69) is 46.6 Å². The van der Waals surface area contributed by atoms with Gasteiger partial charge in [-0.3, -0.25) is 9.69 Å². The van der Waals surface area contributed by atoms with Gasteiger partial charge in [-0.25, -0.2) is 0 Å². The molecule has 0 saturated carbocycles. The summed E-state index contributed by atoms with van der Waals surface area (Å²) in [6, 6.07) is 29.0. The van der Waals surface area contributed by atoms with Crippen LogP contribution in [0, 0.1) is 0 Å². The number of hydrogen-bond donors (Lipinski definition) is 1. The van der Waals surface area contributed by atoms with E-state index in [-0.39, 0.29) is 5.91 Å². The number of rotatable bonds is 5. The molecule has 0 aliphatic carbocycles. The van der Waals surface area contributed by atoms with Crippen LogP contribution in [-0.4, -0.2) is 23.9 Å². The van der Waals surface area contributed by atoms with E-state index in [1.54, 1.807) is 0 Å². The molecule has 1 unspecified atom stereocenters. The molecule has 27 heavy (non-hydrogen) atoms. The molecule has 0 radical (unpaired) electrons. The molecule has 1 atom stereocenters. The zero-order valence-electron chi connectivity index (χ0n) is 15.3. The number of hydrogen-bond acceptors (Lipinski definition) is 2. The lowest BCUT2D eigenvalue weighted by Gasteiger charge is -2.24. The van der Waals surface area contributed by atoms with Crippen LogP contribution in [0.3, 0.4) is 0 Å². The van der Waals surface area contributed by atoms with Gasteiger partial charge in [-0.15, -0.1) is 0 Å². The Kier molecular flexibility index (Phi) is 5.31. The van der Waals surface area contributed by atoms with Gasteiger partial charge in [0, 0.05) is 17.3 Å². The quantitative estimate of drug-likeness (QED) is 0.687. The van der Waals surface area contributed by atoms with Crippen molar-refractivity contribution in [3.8, 4) is 11.1 Å². The second-order valence-corrected chi connectivity index (χ2v) is 7.00. The summed E-state index contributed by atoms with van der Waals surface area (Å²) in [7, 11) is 0. The fourth-order valence-electron chi connectivity index (χ4n) is 3.90. The number of benzene rings is 3. The van der Waals surface area contributed by atoms with Crippen molar-refractivity contribution >= 4 is 11.6 Å². The Bertz CT molecular complexity index is 893. The van der Waals surface area contributed by atoms with Crippen molar-refractivity contribution in [3.05, 3.63) is 90.5 Å². The molecule has 3 aromatic rings. The molecule has 3 nitrogen and oxygen atoms in total. The molecule has 1 aliphatic rings. The summed E-state index contributed by atoms with van der Waals surface area (Å²) in [4.78, 5) is 15.1. The minimum atomic E-state index is 0.0428. The van der Waals surface area contributed by atoms with Crippen molar-refractivity contribution in [1.29, 1.82) is 0 Å². The second kappa shape index (κ2) is 8.19. The normalized spacial score (nSPS) is 17.0. The van der Waals surface area contributed by atoms with Gasteiger partial charge in [0.25, 0.3) is 0 Å². The number of amides is 1. The van der Waals surface area contributed by atoms with Crippen LogP contribution in [-0.2, 0) is 4.79 Å². The third kappa shape index (κ3) is 4.09. The van der Waals surface area contributed by atoms with E-state index < -0.39 is 0 Å². The number of likely N-dealkylation sites (tertiary alicyclic amines) is 1. The summed E-state index contributed by atoms with van der Waals surface area (Å²) in [5, 5.41) is 3.13. The molecule has 1 aliphatic heterocycles. The average molecular weight is 356 g/mol. The van der Waals surface area contributed by atoms with E-state index in [1.165, 1.54) is 5.56 Å². The standard InChI is InChI=1S/C24H24N2O/c27-24(18-26-17-9-16-23(26)20-12-5-2-6-13-20)25-22-15-8-7-14-21(22)19-10-3-1-4-11-19/h1-8,10-15,23H,9,16-18H2,(H,25,27). The molecule has 0 aromatic heterocycles. The summed E-state index contributed by atoms with van der Waals surface area (Å²) in [5.74, 6) is 0.0428. The number of para-hydroxylation sites is 1. The van der Waals surface area contributed by atoms with Gasteiger partial charge in [0.15, 0.2) is 0 Å². The fourth-order valence-corrected chi connectivity index (χ4v) is 3.90. The van der Waals surface area contributed by atoms with Crippen molar-refractivity contribution in [3.63, 3.8) is 0 Å². The van der Waals surface area contributed by atoms with Gasteiger partial charge < -0.3 is 5.32 Å². The topological polar surface area (TPSA) is 32.3 Å². The molecule has 3 aromatic carbocycles. The summed E-state index contributed by atoms with van der Waals surface area (Å²) >= 11 is 0. The smallest absolute Gasteiger partial charge is 0.238 e. The first-order chi connectivity index (χ1) is 13.3. The predicted molar refractivity (Wildman–Crippen MR) is 110 cm³/mol. The molecule has 1 heterocycles. The highest BCUT2D eigenvalue weighted by Gasteiger charge is 2.27. The Balaban J connectivity index is 1.47. The van der Waals surface area contributed by atoms with Gasteiger partial charge in [0.1, 0.15) is 0 Å². The largest absolute Gasteiger partial charge is 0.324 e. The summed E-state index contributed by atoms with van der Waals surface area (Å²) in [6.07, 6.45) is 2.24. The molecule has 1 fully saturated rings. The van der Waals surface area contributed by atoms with Gasteiger partial charge in [-0.05, 0) is 36.6 Å². The van der Waals surface area contributed by atoms with Crippen LogP contribution in [0.15, 0.2) is 84.9 Å². The van der Waals surface area contributed by atoms with Crippen LogP contribution < -0.4 is 5.32 Å². The lowest BCUT2D eigenvalue weighted by atomic mass is 10.0. The highest BCUT2D eigenvalue weighted by atomic mass is 16.2. The Morgan fingerprint density at radius 1 is 0.889 bits per heavy atom. The van der Waals surface area contributed by atoms with Crippen molar-refractivity contribution in [2.24, 2.45) is 0 Å². The highest BCUT2D eigenvalue weighted by molar-refractivity contribution is 5.96. The minimum Gasteiger partial charge on any atom is -0.324 e. The van der Waals surface area contributed by atoms with Gasteiger partial charge in [0.05, 0.1) is 6.54 Å². The Hall–Kier alpha value is -2.91. The van der Waals surface area contributed by atoms with Crippen LogP contribution in [0.1, 0.15) is 24.4 Å². The molecular formula is C24H24N2O. The lowest BCUT2D eigenvalue weighted by Crippen LogP contribution is -2.33. The summed E-state index contributed by atoms with van der Waals surface area (Å²) in [6.45, 7) is 1.38. The zero-order valence-corrected chi connectivity index (χ0v) is 15.3. The van der Waals surface area contributed by atoms with E-state index >= 15 is 0 Å². The number of carbonyl (C=O) groups excluding carboxylic acids is 1. The van der Waals surface area contributed by atoms with Crippen molar-refractivity contribution in [1.82, 2.24) is 4.90 Å². The molecule has 1 amide bonds. The minimum absolute atomic E-state index is 0.0428. The van der Waals surface area contributed by atoms with E-state index in [1.807, 2.05) is 48.5 Å². The van der Waals surface area contributed by atoms with Gasteiger partial charge >= 0.3 is 0 Å². The van der Waals surface area contributed by atoms with E-state index in [0.29, 0.717) is 12.6 Å². The van der Waals surface area contributed by atoms with Crippen molar-refractivity contribution in [2.75, 3.05) is 18.4 Å². The number of nitrogens with one attached hydrogen (secondary N) is 1. The van der Waals surface area contributed by atoms with Gasteiger partial charge in [0.2, 0.25) is 5.91 Å². The highest BCUT2D eigenvalue weighted by Crippen LogP contribution is 2.32. The molecule has 0 bridgehead atoms. The number of anilines is 1. The molecule has 1 N–H and O–H groups in total. The van der Waals surface area contributed by atoms with Gasteiger partial charge in [-0.1, -0.05) is 78.9 Å². The SMILES string of the molecule is O=C(CN1CCCC1c1ccccc1)Nc1ccccc1-c1ccccc1. The molecule has 3 heteroatoms. The van der Waals surface area contributed by atoms with Crippen molar-refractivity contribution < 1.29 is 4.79 Å². The van der Waals surface area contributed by atoms with Crippen LogP contribution in [0.5, 0.6) is 0 Å². The Morgan fingerprint density at radius 2 is 1.56 bits per heavy atom. The van der Waals surface area contributed by atoms with Crippen molar-refractivity contribution in [2.45, 2.75) is 18.9 Å². The van der Waals surface area contributed by atoms with Crippen LogP contribution in [0.2, 0.25) is 0 Å². The van der Waals surface area contributed by atoms with E-state index in [0.717, 1.165) is 36.2 Å². The average Bonchev–Trinajstić information content (AvgIpc) is 3.17.